The number of benzene rings is 1. The molecule has 0 aliphatic carbocycles. The fraction of sp³-hybridized carbons (Fsp3) is 0.235. The lowest BCUT2D eigenvalue weighted by atomic mass is 10.1. The first kappa shape index (κ1) is 16.3. The Kier molecular flexibility index (Phi) is 4.29. The van der Waals surface area contributed by atoms with Crippen molar-refractivity contribution < 1.29 is 9.53 Å². The lowest BCUT2D eigenvalue weighted by molar-refractivity contribution is 0.0301. The number of nitrogens with zero attached hydrogens (tertiary/aromatic N) is 3. The normalized spacial score (nSPS) is 14.8. The first-order valence-electron chi connectivity index (χ1n) is 7.78. The SMILES string of the molecule is O=C(c1cnc2scc(-c3ccccc3Cl)n2c1=O)N1CCOCC1. The third-order valence-corrected chi connectivity index (χ3v) is 5.29. The van der Waals surface area contributed by atoms with Gasteiger partial charge in [0.05, 0.1) is 18.9 Å². The first-order valence-corrected chi connectivity index (χ1v) is 9.04. The van der Waals surface area contributed by atoms with Crippen LogP contribution in [-0.2, 0) is 4.74 Å². The Morgan fingerprint density at radius 2 is 2.00 bits per heavy atom. The molecule has 1 aliphatic heterocycles. The number of hydrogen-bond acceptors (Lipinski definition) is 5. The Balaban J connectivity index is 1.85. The average molecular weight is 376 g/mol. The molecule has 3 aromatic rings. The Hall–Kier alpha value is -2.22. The molecule has 25 heavy (non-hydrogen) atoms. The highest BCUT2D eigenvalue weighted by Crippen LogP contribution is 2.29. The molecular formula is C17H14ClN3O3S. The van der Waals surface area contributed by atoms with Crippen LogP contribution in [0.1, 0.15) is 10.4 Å². The highest BCUT2D eigenvalue weighted by atomic mass is 35.5. The van der Waals surface area contributed by atoms with E-state index >= 15 is 0 Å². The summed E-state index contributed by atoms with van der Waals surface area (Å²) in [5.41, 5.74) is 1.05. The molecule has 1 amide bonds. The summed E-state index contributed by atoms with van der Waals surface area (Å²) in [6, 6.07) is 7.29. The van der Waals surface area contributed by atoms with Crippen LogP contribution in [0.25, 0.3) is 16.2 Å². The molecule has 0 spiro atoms. The molecule has 8 heteroatoms. The highest BCUT2D eigenvalue weighted by Gasteiger charge is 2.23. The molecule has 6 nitrogen and oxygen atoms in total. The van der Waals surface area contributed by atoms with Crippen molar-refractivity contribution in [2.24, 2.45) is 0 Å². The zero-order chi connectivity index (χ0) is 17.4. The second-order valence-corrected chi connectivity index (χ2v) is 6.84. The van der Waals surface area contributed by atoms with Crippen molar-refractivity contribution in [1.29, 1.82) is 0 Å². The number of rotatable bonds is 2. The first-order chi connectivity index (χ1) is 12.2. The van der Waals surface area contributed by atoms with Gasteiger partial charge in [0.15, 0.2) is 4.96 Å². The molecular weight excluding hydrogens is 362 g/mol. The topological polar surface area (TPSA) is 63.9 Å². The summed E-state index contributed by atoms with van der Waals surface area (Å²) in [6.45, 7) is 1.90. The van der Waals surface area contributed by atoms with Crippen molar-refractivity contribution in [3.05, 3.63) is 56.8 Å². The molecule has 0 atom stereocenters. The van der Waals surface area contributed by atoms with E-state index in [2.05, 4.69) is 4.98 Å². The Labute approximate surface area is 152 Å². The molecule has 0 unspecified atom stereocenters. The van der Waals surface area contributed by atoms with Crippen LogP contribution < -0.4 is 5.56 Å². The van der Waals surface area contributed by atoms with Gasteiger partial charge in [0, 0.05) is 35.3 Å². The Morgan fingerprint density at radius 1 is 1.24 bits per heavy atom. The maximum absolute atomic E-state index is 13.0. The van der Waals surface area contributed by atoms with Crippen LogP contribution in [0.4, 0.5) is 0 Å². The molecule has 1 aromatic carbocycles. The minimum absolute atomic E-state index is 0.0612. The smallest absolute Gasteiger partial charge is 0.271 e. The minimum atomic E-state index is -0.377. The van der Waals surface area contributed by atoms with Crippen molar-refractivity contribution >= 4 is 33.8 Å². The zero-order valence-corrected chi connectivity index (χ0v) is 14.7. The number of carbonyl (C=O) groups excluding carboxylic acids is 1. The maximum atomic E-state index is 13.0. The van der Waals surface area contributed by atoms with Gasteiger partial charge in [0.2, 0.25) is 0 Å². The number of halogens is 1. The van der Waals surface area contributed by atoms with Crippen molar-refractivity contribution in [3.8, 4) is 11.3 Å². The van der Waals surface area contributed by atoms with Crippen molar-refractivity contribution in [1.82, 2.24) is 14.3 Å². The number of hydrogen-bond donors (Lipinski definition) is 0. The lowest BCUT2D eigenvalue weighted by Crippen LogP contribution is -2.43. The number of carbonyl (C=O) groups is 1. The fourth-order valence-electron chi connectivity index (χ4n) is 2.83. The highest BCUT2D eigenvalue weighted by molar-refractivity contribution is 7.15. The minimum Gasteiger partial charge on any atom is -0.378 e. The summed E-state index contributed by atoms with van der Waals surface area (Å²) >= 11 is 7.61. The van der Waals surface area contributed by atoms with Gasteiger partial charge in [-0.25, -0.2) is 4.98 Å². The number of aromatic nitrogens is 2. The van der Waals surface area contributed by atoms with E-state index in [-0.39, 0.29) is 17.0 Å². The number of thiazole rings is 1. The Morgan fingerprint density at radius 3 is 2.76 bits per heavy atom. The van der Waals surface area contributed by atoms with Gasteiger partial charge < -0.3 is 9.64 Å². The molecule has 0 saturated carbocycles. The van der Waals surface area contributed by atoms with Gasteiger partial charge >= 0.3 is 0 Å². The van der Waals surface area contributed by atoms with E-state index in [1.165, 1.54) is 21.9 Å². The standard InChI is InChI=1S/C17H14ClN3O3S/c18-13-4-2-1-3-11(13)14-10-25-17-19-9-12(16(23)21(14)17)15(22)20-5-7-24-8-6-20/h1-4,9-10H,5-8H2. The zero-order valence-electron chi connectivity index (χ0n) is 13.1. The molecule has 2 aromatic heterocycles. The van der Waals surface area contributed by atoms with Crippen molar-refractivity contribution in [2.75, 3.05) is 26.3 Å². The van der Waals surface area contributed by atoms with Crippen LogP contribution in [0.15, 0.2) is 40.6 Å². The van der Waals surface area contributed by atoms with Gasteiger partial charge in [-0.2, -0.15) is 0 Å². The van der Waals surface area contributed by atoms with Gasteiger partial charge in [-0.3, -0.25) is 14.0 Å². The summed E-state index contributed by atoms with van der Waals surface area (Å²) in [4.78, 5) is 32.1. The van der Waals surface area contributed by atoms with Crippen LogP contribution in [-0.4, -0.2) is 46.5 Å². The summed E-state index contributed by atoms with van der Waals surface area (Å²) in [5.74, 6) is -0.313. The summed E-state index contributed by atoms with van der Waals surface area (Å²) in [6.07, 6.45) is 1.36. The molecule has 0 N–H and O–H groups in total. The predicted octanol–water partition coefficient (Wildman–Crippen LogP) is 2.55. The van der Waals surface area contributed by atoms with E-state index in [0.717, 1.165) is 5.56 Å². The van der Waals surface area contributed by atoms with E-state index in [1.54, 1.807) is 11.0 Å². The predicted molar refractivity (Wildman–Crippen MR) is 96.5 cm³/mol. The molecule has 4 rings (SSSR count). The second-order valence-electron chi connectivity index (χ2n) is 5.60. The van der Waals surface area contributed by atoms with Crippen molar-refractivity contribution in [2.45, 2.75) is 0 Å². The van der Waals surface area contributed by atoms with E-state index < -0.39 is 0 Å². The average Bonchev–Trinajstić information content (AvgIpc) is 3.07. The largest absolute Gasteiger partial charge is 0.378 e. The molecule has 3 heterocycles. The number of amides is 1. The molecule has 0 radical (unpaired) electrons. The maximum Gasteiger partial charge on any atom is 0.271 e. The van der Waals surface area contributed by atoms with E-state index in [1.807, 2.05) is 23.6 Å². The van der Waals surface area contributed by atoms with Crippen molar-refractivity contribution in [3.63, 3.8) is 0 Å². The molecule has 0 bridgehead atoms. The molecule has 1 saturated heterocycles. The van der Waals surface area contributed by atoms with Gasteiger partial charge in [0.1, 0.15) is 5.56 Å². The van der Waals surface area contributed by atoms with Crippen LogP contribution in [0, 0.1) is 0 Å². The second kappa shape index (κ2) is 6.59. The van der Waals surface area contributed by atoms with Gasteiger partial charge in [-0.15, -0.1) is 11.3 Å². The van der Waals surface area contributed by atoms with E-state index in [4.69, 9.17) is 16.3 Å². The fourth-order valence-corrected chi connectivity index (χ4v) is 3.92. The van der Waals surface area contributed by atoms with E-state index in [0.29, 0.717) is 42.0 Å². The van der Waals surface area contributed by atoms with Crippen LogP contribution in [0.5, 0.6) is 0 Å². The van der Waals surface area contributed by atoms with Gasteiger partial charge in [-0.1, -0.05) is 29.8 Å². The molecule has 128 valence electrons. The quantitative estimate of drug-likeness (QED) is 0.690. The number of fused-ring (bicyclic) bond motifs is 1. The lowest BCUT2D eigenvalue weighted by Gasteiger charge is -2.26. The number of morpholine rings is 1. The summed E-state index contributed by atoms with van der Waals surface area (Å²) in [7, 11) is 0. The van der Waals surface area contributed by atoms with Crippen LogP contribution in [0.3, 0.4) is 0 Å². The van der Waals surface area contributed by atoms with E-state index in [9.17, 15) is 9.59 Å². The third kappa shape index (κ3) is 2.84. The third-order valence-electron chi connectivity index (χ3n) is 4.12. The summed E-state index contributed by atoms with van der Waals surface area (Å²) in [5, 5.41) is 2.37. The monoisotopic (exact) mass is 375 g/mol. The molecule has 1 aliphatic rings. The van der Waals surface area contributed by atoms with Gasteiger partial charge in [0.25, 0.3) is 11.5 Å². The van der Waals surface area contributed by atoms with Gasteiger partial charge in [-0.05, 0) is 6.07 Å². The number of ether oxygens (including phenoxy) is 1. The van der Waals surface area contributed by atoms with Crippen LogP contribution in [0.2, 0.25) is 5.02 Å². The summed E-state index contributed by atoms with van der Waals surface area (Å²) < 4.78 is 6.72. The Bertz CT molecular complexity index is 1010. The van der Waals surface area contributed by atoms with Crippen LogP contribution >= 0.6 is 22.9 Å². The molecule has 1 fully saturated rings.